The maximum Gasteiger partial charge on any atom is 0.410 e. The topological polar surface area (TPSA) is 82.6 Å². The Kier molecular flexibility index (Phi) is 6.44. The lowest BCUT2D eigenvalue weighted by Crippen LogP contribution is -2.41. The van der Waals surface area contributed by atoms with Gasteiger partial charge in [0.25, 0.3) is 5.69 Å². The van der Waals surface area contributed by atoms with E-state index in [0.29, 0.717) is 36.0 Å². The van der Waals surface area contributed by atoms with Gasteiger partial charge < -0.3 is 19.1 Å². The Morgan fingerprint density at radius 1 is 1.05 bits per heavy atom. The molecule has 0 N–H and O–H groups in total. The molecule has 1 saturated heterocycles. The number of methoxy groups -OCH3 is 2. The predicted octanol–water partition coefficient (Wildman–Crippen LogP) is 5.96. The van der Waals surface area contributed by atoms with Crippen LogP contribution in [-0.4, -0.2) is 58.5 Å². The van der Waals surface area contributed by atoms with Crippen molar-refractivity contribution < 1.29 is 19.0 Å². The Labute approximate surface area is 217 Å². The molecule has 1 aliphatic heterocycles. The number of benzene rings is 1. The standard InChI is InChI=1S/C28H33N5O4/c1-28(2,3)37-27(34)32-13-10-17(11-14-32)20-9-12-30-26-25(29-4)24(31-33(20)26)19-15-21(35-5)23(18-7-8-18)22(16-19)36-6/h9,12,15-18H,7-8,10-11,13-14H2,1-3,5-6H3. The minimum Gasteiger partial charge on any atom is -0.496 e. The van der Waals surface area contributed by atoms with Crippen LogP contribution < -0.4 is 9.47 Å². The van der Waals surface area contributed by atoms with Crippen LogP contribution in [0.2, 0.25) is 0 Å². The third-order valence-electron chi connectivity index (χ3n) is 7.00. The summed E-state index contributed by atoms with van der Waals surface area (Å²) in [6, 6.07) is 5.86. The Morgan fingerprint density at radius 3 is 2.24 bits per heavy atom. The molecule has 1 aliphatic carbocycles. The largest absolute Gasteiger partial charge is 0.496 e. The first-order chi connectivity index (χ1) is 17.7. The summed E-state index contributed by atoms with van der Waals surface area (Å²) < 4.78 is 18.8. The molecule has 194 valence electrons. The highest BCUT2D eigenvalue weighted by atomic mass is 16.6. The van der Waals surface area contributed by atoms with Crippen molar-refractivity contribution in [2.24, 2.45) is 0 Å². The van der Waals surface area contributed by atoms with Gasteiger partial charge in [0.1, 0.15) is 22.8 Å². The molecule has 3 aromatic rings. The summed E-state index contributed by atoms with van der Waals surface area (Å²) in [5.74, 6) is 2.14. The lowest BCUT2D eigenvalue weighted by Gasteiger charge is -2.33. The van der Waals surface area contributed by atoms with E-state index in [-0.39, 0.29) is 12.0 Å². The lowest BCUT2D eigenvalue weighted by molar-refractivity contribution is 0.0203. The van der Waals surface area contributed by atoms with Crippen LogP contribution in [0.15, 0.2) is 24.4 Å². The molecule has 3 heterocycles. The number of fused-ring (bicyclic) bond motifs is 1. The fraction of sp³-hybridized carbons (Fsp3) is 0.500. The number of nitrogens with zero attached hydrogens (tertiary/aromatic N) is 5. The zero-order chi connectivity index (χ0) is 26.3. The molecule has 2 aliphatic rings. The maximum atomic E-state index is 12.5. The highest BCUT2D eigenvalue weighted by molar-refractivity contribution is 5.87. The molecule has 2 aromatic heterocycles. The van der Waals surface area contributed by atoms with Crippen molar-refractivity contribution in [1.29, 1.82) is 0 Å². The Hall–Kier alpha value is -3.80. The number of hydrogen-bond acceptors (Lipinski definition) is 6. The van der Waals surface area contributed by atoms with Gasteiger partial charge in [-0.05, 0) is 76.1 Å². The minimum atomic E-state index is -0.519. The number of carbonyl (C=O) groups is 1. The molecule has 0 unspecified atom stereocenters. The Morgan fingerprint density at radius 2 is 1.70 bits per heavy atom. The van der Waals surface area contributed by atoms with Crippen LogP contribution in [0.5, 0.6) is 11.5 Å². The Bertz CT molecular complexity index is 1350. The SMILES string of the molecule is [C-]#[N+]c1c(-c2cc(OC)c(C3CC3)c(OC)c2)nn2c(C3CCN(C(=O)OC(C)(C)C)CC3)ccnc12. The van der Waals surface area contributed by atoms with Gasteiger partial charge in [0.2, 0.25) is 0 Å². The van der Waals surface area contributed by atoms with Gasteiger partial charge in [0.05, 0.1) is 20.8 Å². The first-order valence-corrected chi connectivity index (χ1v) is 12.7. The van der Waals surface area contributed by atoms with Crippen molar-refractivity contribution in [2.75, 3.05) is 27.3 Å². The smallest absolute Gasteiger partial charge is 0.410 e. The third-order valence-corrected chi connectivity index (χ3v) is 7.00. The van der Waals surface area contributed by atoms with Gasteiger partial charge in [-0.1, -0.05) is 0 Å². The number of ether oxygens (including phenoxy) is 3. The molecule has 0 bridgehead atoms. The molecular weight excluding hydrogens is 470 g/mol. The van der Waals surface area contributed by atoms with Gasteiger partial charge in [-0.25, -0.2) is 19.1 Å². The number of rotatable bonds is 5. The predicted molar refractivity (Wildman–Crippen MR) is 140 cm³/mol. The van der Waals surface area contributed by atoms with Crippen LogP contribution in [0.1, 0.15) is 69.5 Å². The summed E-state index contributed by atoms with van der Waals surface area (Å²) in [6.45, 7) is 14.7. The summed E-state index contributed by atoms with van der Waals surface area (Å²) >= 11 is 0. The monoisotopic (exact) mass is 503 g/mol. The van der Waals surface area contributed by atoms with Crippen molar-refractivity contribution in [1.82, 2.24) is 19.5 Å². The van der Waals surface area contributed by atoms with Gasteiger partial charge in [-0.3, -0.25) is 0 Å². The van der Waals surface area contributed by atoms with E-state index in [0.717, 1.165) is 54.0 Å². The molecule has 1 amide bonds. The molecule has 37 heavy (non-hydrogen) atoms. The van der Waals surface area contributed by atoms with E-state index in [1.165, 1.54) is 0 Å². The summed E-state index contributed by atoms with van der Waals surface area (Å²) in [4.78, 5) is 22.6. The van der Waals surface area contributed by atoms with Gasteiger partial charge in [0.15, 0.2) is 5.65 Å². The summed E-state index contributed by atoms with van der Waals surface area (Å²) in [6.07, 6.45) is 5.25. The second kappa shape index (κ2) is 9.58. The summed E-state index contributed by atoms with van der Waals surface area (Å²) in [7, 11) is 3.32. The maximum absolute atomic E-state index is 12.5. The molecule has 1 saturated carbocycles. The molecule has 0 spiro atoms. The van der Waals surface area contributed by atoms with Crippen LogP contribution >= 0.6 is 0 Å². The van der Waals surface area contributed by atoms with Crippen molar-refractivity contribution in [3.05, 3.63) is 47.1 Å². The van der Waals surface area contributed by atoms with Crippen LogP contribution in [0, 0.1) is 6.57 Å². The van der Waals surface area contributed by atoms with E-state index in [2.05, 4.69) is 9.83 Å². The molecule has 5 rings (SSSR count). The Balaban J connectivity index is 1.48. The van der Waals surface area contributed by atoms with Crippen LogP contribution in [0.25, 0.3) is 21.7 Å². The molecule has 9 heteroatoms. The number of piperidine rings is 1. The van der Waals surface area contributed by atoms with Crippen molar-refractivity contribution >= 4 is 17.4 Å². The van der Waals surface area contributed by atoms with E-state index in [9.17, 15) is 4.79 Å². The molecular formula is C28H33N5O4. The second-order valence-electron chi connectivity index (χ2n) is 10.7. The normalized spacial score (nSPS) is 16.5. The van der Waals surface area contributed by atoms with E-state index < -0.39 is 5.60 Å². The zero-order valence-corrected chi connectivity index (χ0v) is 22.1. The van der Waals surface area contributed by atoms with E-state index >= 15 is 0 Å². The molecule has 9 nitrogen and oxygen atoms in total. The number of carbonyl (C=O) groups excluding carboxylic acids is 1. The van der Waals surface area contributed by atoms with Crippen LogP contribution in [-0.2, 0) is 4.74 Å². The number of likely N-dealkylation sites (tertiary alicyclic amines) is 1. The summed E-state index contributed by atoms with van der Waals surface area (Å²) in [5, 5.41) is 4.90. The quantitative estimate of drug-likeness (QED) is 0.400. The molecule has 2 fully saturated rings. The average Bonchev–Trinajstić information content (AvgIpc) is 3.65. The van der Waals surface area contributed by atoms with E-state index in [1.54, 1.807) is 29.8 Å². The number of amides is 1. The molecule has 0 atom stereocenters. The average molecular weight is 504 g/mol. The van der Waals surface area contributed by atoms with Gasteiger partial charge in [0, 0.05) is 36.5 Å². The summed E-state index contributed by atoms with van der Waals surface area (Å²) in [5.41, 5.74) is 3.80. The second-order valence-corrected chi connectivity index (χ2v) is 10.7. The zero-order valence-electron chi connectivity index (χ0n) is 22.1. The highest BCUT2D eigenvalue weighted by Gasteiger charge is 2.32. The fourth-order valence-corrected chi connectivity index (χ4v) is 5.09. The van der Waals surface area contributed by atoms with Gasteiger partial charge >= 0.3 is 6.09 Å². The van der Waals surface area contributed by atoms with Crippen molar-refractivity contribution in [3.8, 4) is 22.8 Å². The van der Waals surface area contributed by atoms with Gasteiger partial charge in [-0.15, -0.1) is 0 Å². The minimum absolute atomic E-state index is 0.178. The first-order valence-electron chi connectivity index (χ1n) is 12.7. The highest BCUT2D eigenvalue weighted by Crippen LogP contribution is 2.50. The van der Waals surface area contributed by atoms with E-state index in [4.69, 9.17) is 25.9 Å². The fourth-order valence-electron chi connectivity index (χ4n) is 5.09. The van der Waals surface area contributed by atoms with Crippen molar-refractivity contribution in [2.45, 2.75) is 63.9 Å². The number of hydrogen-bond donors (Lipinski definition) is 0. The van der Waals surface area contributed by atoms with Gasteiger partial charge in [-0.2, -0.15) is 5.10 Å². The molecule has 1 aromatic carbocycles. The first kappa shape index (κ1) is 24.9. The number of aromatic nitrogens is 3. The lowest BCUT2D eigenvalue weighted by atomic mass is 9.93. The molecule has 0 radical (unpaired) electrons. The third kappa shape index (κ3) is 4.80. The van der Waals surface area contributed by atoms with Crippen LogP contribution in [0.4, 0.5) is 10.5 Å². The van der Waals surface area contributed by atoms with Crippen molar-refractivity contribution in [3.63, 3.8) is 0 Å². The van der Waals surface area contributed by atoms with Crippen LogP contribution in [0.3, 0.4) is 0 Å². The van der Waals surface area contributed by atoms with E-state index in [1.807, 2.05) is 39.0 Å².